The van der Waals surface area contributed by atoms with Gasteiger partial charge < -0.3 is 5.11 Å². The average Bonchev–Trinajstić information content (AvgIpc) is 2.24. The van der Waals surface area contributed by atoms with Crippen LogP contribution in [0.4, 0.5) is 0 Å². The second-order valence-electron chi connectivity index (χ2n) is 4.75. The van der Waals surface area contributed by atoms with Crippen LogP contribution in [0.1, 0.15) is 51.4 Å². The molecule has 4 nitrogen and oxygen atoms in total. The van der Waals surface area contributed by atoms with E-state index >= 15 is 0 Å². The molecule has 16 heavy (non-hydrogen) atoms. The predicted molar refractivity (Wildman–Crippen MR) is 62.8 cm³/mol. The maximum atomic E-state index is 10.5. The van der Waals surface area contributed by atoms with Crippen molar-refractivity contribution in [2.75, 3.05) is 5.75 Å². The van der Waals surface area contributed by atoms with Crippen molar-refractivity contribution in [2.24, 2.45) is 5.92 Å². The Morgan fingerprint density at radius 2 is 1.75 bits per heavy atom. The molecule has 0 aromatic heterocycles. The van der Waals surface area contributed by atoms with Crippen LogP contribution in [-0.2, 0) is 10.1 Å². The molecule has 1 aliphatic carbocycles. The minimum absolute atomic E-state index is 0.190. The summed E-state index contributed by atoms with van der Waals surface area (Å²) in [6.45, 7) is 0. The van der Waals surface area contributed by atoms with E-state index < -0.39 is 10.1 Å². The Morgan fingerprint density at radius 1 is 1.12 bits per heavy atom. The van der Waals surface area contributed by atoms with E-state index in [0.717, 1.165) is 12.8 Å². The highest BCUT2D eigenvalue weighted by Gasteiger charge is 2.21. The molecular formula is C11H22O4S. The molecule has 1 saturated carbocycles. The average molecular weight is 250 g/mol. The summed E-state index contributed by atoms with van der Waals surface area (Å²) in [5, 5.41) is 9.89. The Hall–Kier alpha value is -0.130. The van der Waals surface area contributed by atoms with Gasteiger partial charge in [-0.3, -0.25) is 4.55 Å². The molecule has 1 atom stereocenters. The van der Waals surface area contributed by atoms with E-state index in [1.165, 1.54) is 19.3 Å². The van der Waals surface area contributed by atoms with E-state index in [1.54, 1.807) is 0 Å². The number of aliphatic hydroxyl groups is 1. The standard InChI is InChI=1S/C11H22O4S/c12-11(10-6-2-1-3-7-10)8-4-5-9-16(13,14)15/h10-12H,1-9H2,(H,13,14,15). The minimum Gasteiger partial charge on any atom is -0.393 e. The number of hydrogen-bond acceptors (Lipinski definition) is 3. The quantitative estimate of drug-likeness (QED) is 0.558. The SMILES string of the molecule is O=S(=O)(O)CCCCC(O)C1CCCCC1. The highest BCUT2D eigenvalue weighted by Crippen LogP contribution is 2.28. The topological polar surface area (TPSA) is 74.6 Å². The van der Waals surface area contributed by atoms with Crippen molar-refractivity contribution in [3.8, 4) is 0 Å². The van der Waals surface area contributed by atoms with Gasteiger partial charge in [0.1, 0.15) is 0 Å². The first-order valence-corrected chi connectivity index (χ1v) is 7.73. The normalized spacial score (nSPS) is 20.9. The second-order valence-corrected chi connectivity index (χ2v) is 6.32. The molecule has 0 amide bonds. The molecule has 0 aliphatic heterocycles. The monoisotopic (exact) mass is 250 g/mol. The number of rotatable bonds is 6. The largest absolute Gasteiger partial charge is 0.393 e. The molecule has 0 heterocycles. The van der Waals surface area contributed by atoms with Gasteiger partial charge in [-0.15, -0.1) is 0 Å². The molecule has 0 aromatic rings. The molecule has 0 aromatic carbocycles. The summed E-state index contributed by atoms with van der Waals surface area (Å²) in [6.07, 6.45) is 7.33. The highest BCUT2D eigenvalue weighted by molar-refractivity contribution is 7.85. The highest BCUT2D eigenvalue weighted by atomic mass is 32.2. The van der Waals surface area contributed by atoms with Crippen molar-refractivity contribution < 1.29 is 18.1 Å². The van der Waals surface area contributed by atoms with Gasteiger partial charge in [0.25, 0.3) is 10.1 Å². The number of hydrogen-bond donors (Lipinski definition) is 2. The van der Waals surface area contributed by atoms with Gasteiger partial charge in [0, 0.05) is 0 Å². The molecule has 1 fully saturated rings. The Morgan fingerprint density at radius 3 is 2.31 bits per heavy atom. The van der Waals surface area contributed by atoms with Crippen LogP contribution in [0.2, 0.25) is 0 Å². The van der Waals surface area contributed by atoms with E-state index in [-0.39, 0.29) is 11.9 Å². The van der Waals surface area contributed by atoms with Gasteiger partial charge in [-0.25, -0.2) is 0 Å². The minimum atomic E-state index is -3.83. The van der Waals surface area contributed by atoms with Crippen molar-refractivity contribution in [3.05, 3.63) is 0 Å². The Balaban J connectivity index is 2.12. The van der Waals surface area contributed by atoms with Crippen LogP contribution in [0.5, 0.6) is 0 Å². The summed E-state index contributed by atoms with van der Waals surface area (Å²) >= 11 is 0. The first-order valence-electron chi connectivity index (χ1n) is 6.12. The van der Waals surface area contributed by atoms with Crippen LogP contribution in [0.3, 0.4) is 0 Å². The first kappa shape index (κ1) is 13.9. The van der Waals surface area contributed by atoms with Gasteiger partial charge in [0.15, 0.2) is 0 Å². The molecule has 0 bridgehead atoms. The fourth-order valence-corrected chi connectivity index (χ4v) is 2.96. The molecule has 1 aliphatic rings. The first-order chi connectivity index (χ1) is 7.49. The molecule has 0 saturated heterocycles. The molecule has 1 rings (SSSR count). The van der Waals surface area contributed by atoms with Crippen LogP contribution < -0.4 is 0 Å². The zero-order chi connectivity index (χ0) is 12.0. The third-order valence-corrected chi connectivity index (χ3v) is 4.15. The summed E-state index contributed by atoms with van der Waals surface area (Å²) in [5.74, 6) is 0.212. The van der Waals surface area contributed by atoms with Gasteiger partial charge in [-0.05, 0) is 38.0 Å². The third-order valence-electron chi connectivity index (χ3n) is 3.35. The van der Waals surface area contributed by atoms with E-state index in [2.05, 4.69) is 0 Å². The van der Waals surface area contributed by atoms with Crippen molar-refractivity contribution in [1.29, 1.82) is 0 Å². The third kappa shape index (κ3) is 5.82. The van der Waals surface area contributed by atoms with Gasteiger partial charge in [0.2, 0.25) is 0 Å². The fraction of sp³-hybridized carbons (Fsp3) is 1.00. The summed E-state index contributed by atoms with van der Waals surface area (Å²) in [7, 11) is -3.83. The second kappa shape index (κ2) is 6.57. The predicted octanol–water partition coefficient (Wildman–Crippen LogP) is 1.99. The van der Waals surface area contributed by atoms with Crippen LogP contribution in [0.25, 0.3) is 0 Å². The van der Waals surface area contributed by atoms with Crippen LogP contribution in [-0.4, -0.2) is 29.9 Å². The lowest BCUT2D eigenvalue weighted by Gasteiger charge is -2.26. The van der Waals surface area contributed by atoms with Crippen LogP contribution in [0, 0.1) is 5.92 Å². The van der Waals surface area contributed by atoms with Gasteiger partial charge in [0.05, 0.1) is 11.9 Å². The smallest absolute Gasteiger partial charge is 0.264 e. The Labute approximate surface area is 97.8 Å². The lowest BCUT2D eigenvalue weighted by Crippen LogP contribution is -2.22. The van der Waals surface area contributed by atoms with Gasteiger partial charge in [-0.1, -0.05) is 19.3 Å². The number of unbranched alkanes of at least 4 members (excludes halogenated alkanes) is 1. The molecule has 2 N–H and O–H groups in total. The van der Waals surface area contributed by atoms with Gasteiger partial charge in [-0.2, -0.15) is 8.42 Å². The molecule has 96 valence electrons. The van der Waals surface area contributed by atoms with Crippen LogP contribution >= 0.6 is 0 Å². The van der Waals surface area contributed by atoms with Crippen molar-refractivity contribution in [3.63, 3.8) is 0 Å². The molecule has 5 heteroatoms. The lowest BCUT2D eigenvalue weighted by atomic mass is 9.84. The van der Waals surface area contributed by atoms with Crippen molar-refractivity contribution >= 4 is 10.1 Å². The summed E-state index contributed by atoms with van der Waals surface area (Å²) in [4.78, 5) is 0. The van der Waals surface area contributed by atoms with Crippen molar-refractivity contribution in [1.82, 2.24) is 0 Å². The van der Waals surface area contributed by atoms with E-state index in [9.17, 15) is 13.5 Å². The maximum Gasteiger partial charge on any atom is 0.264 e. The maximum absolute atomic E-state index is 10.5. The fourth-order valence-electron chi connectivity index (χ4n) is 2.39. The Bertz CT molecular complexity index is 280. The summed E-state index contributed by atoms with van der Waals surface area (Å²) in [5.41, 5.74) is 0. The van der Waals surface area contributed by atoms with E-state index in [0.29, 0.717) is 25.2 Å². The zero-order valence-corrected chi connectivity index (χ0v) is 10.5. The molecular weight excluding hydrogens is 228 g/mol. The van der Waals surface area contributed by atoms with Gasteiger partial charge >= 0.3 is 0 Å². The van der Waals surface area contributed by atoms with E-state index in [1.807, 2.05) is 0 Å². The number of aliphatic hydroxyl groups excluding tert-OH is 1. The van der Waals surface area contributed by atoms with Crippen LogP contribution in [0.15, 0.2) is 0 Å². The lowest BCUT2D eigenvalue weighted by molar-refractivity contribution is 0.0753. The summed E-state index contributed by atoms with van der Waals surface area (Å²) < 4.78 is 29.5. The molecule has 1 unspecified atom stereocenters. The zero-order valence-electron chi connectivity index (χ0n) is 9.64. The molecule has 0 spiro atoms. The van der Waals surface area contributed by atoms with E-state index in [4.69, 9.17) is 4.55 Å². The Kier molecular flexibility index (Phi) is 5.72. The summed E-state index contributed by atoms with van der Waals surface area (Å²) in [6, 6.07) is 0. The molecule has 0 radical (unpaired) electrons. The van der Waals surface area contributed by atoms with Crippen molar-refractivity contribution in [2.45, 2.75) is 57.5 Å².